The molecule has 0 aliphatic rings. The lowest BCUT2D eigenvalue weighted by molar-refractivity contribution is -0.138. The number of carboxylic acid groups (broad SMARTS) is 1. The molecule has 0 aliphatic carbocycles. The molecule has 15 heavy (non-hydrogen) atoms. The normalized spacial score (nSPS) is 13.5. The highest BCUT2D eigenvalue weighted by Gasteiger charge is 2.09. The van der Waals surface area contributed by atoms with Crippen LogP contribution in [0.2, 0.25) is 0 Å². The number of hydrogen-bond donors (Lipinski definition) is 3. The SMILES string of the molecule is N/C(Cc1ccccc1)=N\C(N)C(=O)O. The van der Waals surface area contributed by atoms with E-state index in [4.69, 9.17) is 16.6 Å². The van der Waals surface area contributed by atoms with Gasteiger partial charge in [0.25, 0.3) is 0 Å². The summed E-state index contributed by atoms with van der Waals surface area (Å²) >= 11 is 0. The molecular weight excluding hydrogens is 194 g/mol. The lowest BCUT2D eigenvalue weighted by Crippen LogP contribution is -2.31. The molecule has 80 valence electrons. The number of carbonyl (C=O) groups is 1. The molecule has 0 fully saturated rings. The van der Waals surface area contributed by atoms with Gasteiger partial charge >= 0.3 is 5.97 Å². The molecule has 1 unspecified atom stereocenters. The van der Waals surface area contributed by atoms with E-state index in [0.29, 0.717) is 6.42 Å². The van der Waals surface area contributed by atoms with E-state index in [1.165, 1.54) is 0 Å². The molecule has 0 aliphatic heterocycles. The van der Waals surface area contributed by atoms with E-state index in [2.05, 4.69) is 4.99 Å². The standard InChI is InChI=1S/C10H13N3O2/c11-8(13-9(12)10(14)15)6-7-4-2-1-3-5-7/h1-5,9H,6,12H2,(H2,11,13)(H,14,15). The van der Waals surface area contributed by atoms with Gasteiger partial charge < -0.3 is 16.6 Å². The third kappa shape index (κ3) is 3.78. The minimum Gasteiger partial charge on any atom is -0.479 e. The van der Waals surface area contributed by atoms with Gasteiger partial charge in [-0.25, -0.2) is 9.79 Å². The topological polar surface area (TPSA) is 102 Å². The molecule has 1 aromatic rings. The second kappa shape index (κ2) is 5.11. The third-order valence-electron chi connectivity index (χ3n) is 1.79. The van der Waals surface area contributed by atoms with Gasteiger partial charge in [-0.1, -0.05) is 30.3 Å². The molecule has 0 saturated carbocycles. The summed E-state index contributed by atoms with van der Waals surface area (Å²) in [4.78, 5) is 14.0. The number of nitrogens with zero attached hydrogens (tertiary/aromatic N) is 1. The van der Waals surface area contributed by atoms with E-state index in [-0.39, 0.29) is 5.84 Å². The van der Waals surface area contributed by atoms with Crippen molar-refractivity contribution >= 4 is 11.8 Å². The van der Waals surface area contributed by atoms with Crippen molar-refractivity contribution in [3.8, 4) is 0 Å². The van der Waals surface area contributed by atoms with Crippen LogP contribution in [0, 0.1) is 0 Å². The minimum atomic E-state index is -1.28. The first-order valence-electron chi connectivity index (χ1n) is 4.44. The lowest BCUT2D eigenvalue weighted by atomic mass is 10.1. The molecule has 0 radical (unpaired) electrons. The molecule has 5 nitrogen and oxygen atoms in total. The van der Waals surface area contributed by atoms with Gasteiger partial charge in [0, 0.05) is 6.42 Å². The average Bonchev–Trinajstić information content (AvgIpc) is 2.18. The lowest BCUT2D eigenvalue weighted by Gasteiger charge is -2.03. The van der Waals surface area contributed by atoms with Crippen LogP contribution in [0.1, 0.15) is 5.56 Å². The van der Waals surface area contributed by atoms with Crippen LogP contribution >= 0.6 is 0 Å². The van der Waals surface area contributed by atoms with Gasteiger partial charge in [0.15, 0.2) is 6.17 Å². The number of nitrogens with two attached hydrogens (primary N) is 2. The van der Waals surface area contributed by atoms with Crippen molar-refractivity contribution in [2.45, 2.75) is 12.6 Å². The summed E-state index contributed by atoms with van der Waals surface area (Å²) in [5, 5.41) is 8.51. The summed E-state index contributed by atoms with van der Waals surface area (Å²) < 4.78 is 0. The third-order valence-corrected chi connectivity index (χ3v) is 1.79. The molecule has 5 heteroatoms. The predicted octanol–water partition coefficient (Wildman–Crippen LogP) is -0.0443. The van der Waals surface area contributed by atoms with Gasteiger partial charge in [0.1, 0.15) is 5.84 Å². The Kier molecular flexibility index (Phi) is 3.82. The number of aliphatic carboxylic acids is 1. The van der Waals surface area contributed by atoms with Crippen LogP contribution in [-0.2, 0) is 11.2 Å². The van der Waals surface area contributed by atoms with Crippen molar-refractivity contribution in [3.05, 3.63) is 35.9 Å². The number of rotatable bonds is 4. The molecule has 1 aromatic carbocycles. The van der Waals surface area contributed by atoms with Crippen molar-refractivity contribution in [2.24, 2.45) is 16.5 Å². The highest BCUT2D eigenvalue weighted by molar-refractivity contribution is 5.85. The van der Waals surface area contributed by atoms with Crippen LogP contribution < -0.4 is 11.5 Å². The fraction of sp³-hybridized carbons (Fsp3) is 0.200. The number of amidine groups is 1. The zero-order valence-corrected chi connectivity index (χ0v) is 8.13. The van der Waals surface area contributed by atoms with Crippen molar-refractivity contribution in [1.82, 2.24) is 0 Å². The van der Waals surface area contributed by atoms with Crippen LogP contribution in [0.25, 0.3) is 0 Å². The average molecular weight is 207 g/mol. The monoisotopic (exact) mass is 207 g/mol. The first-order chi connectivity index (χ1) is 7.09. The second-order valence-corrected chi connectivity index (χ2v) is 3.07. The maximum atomic E-state index is 10.4. The quantitative estimate of drug-likeness (QED) is 0.476. The highest BCUT2D eigenvalue weighted by atomic mass is 16.4. The molecule has 0 heterocycles. The zero-order valence-electron chi connectivity index (χ0n) is 8.13. The zero-order chi connectivity index (χ0) is 11.3. The summed E-state index contributed by atoms with van der Waals surface area (Å²) in [7, 11) is 0. The Morgan fingerprint density at radius 2 is 2.00 bits per heavy atom. The molecule has 0 bridgehead atoms. The van der Waals surface area contributed by atoms with Crippen molar-refractivity contribution in [3.63, 3.8) is 0 Å². The Bertz CT molecular complexity index is 362. The highest BCUT2D eigenvalue weighted by Crippen LogP contribution is 1.99. The molecule has 5 N–H and O–H groups in total. The molecule has 0 aromatic heterocycles. The summed E-state index contributed by atoms with van der Waals surface area (Å²) in [6.45, 7) is 0. The van der Waals surface area contributed by atoms with E-state index in [1.807, 2.05) is 30.3 Å². The number of hydrogen-bond acceptors (Lipinski definition) is 3. The van der Waals surface area contributed by atoms with E-state index in [1.54, 1.807) is 0 Å². The fourth-order valence-electron chi connectivity index (χ4n) is 1.08. The van der Waals surface area contributed by atoms with Crippen LogP contribution in [-0.4, -0.2) is 23.1 Å². The Balaban J connectivity index is 2.63. The molecule has 0 amide bonds. The van der Waals surface area contributed by atoms with Crippen LogP contribution in [0.4, 0.5) is 0 Å². The Labute approximate surface area is 87.4 Å². The van der Waals surface area contributed by atoms with E-state index < -0.39 is 12.1 Å². The summed E-state index contributed by atoms with van der Waals surface area (Å²) in [6, 6.07) is 9.41. The van der Waals surface area contributed by atoms with Crippen LogP contribution in [0.15, 0.2) is 35.3 Å². The Hall–Kier alpha value is -1.88. The largest absolute Gasteiger partial charge is 0.479 e. The first kappa shape index (κ1) is 11.2. The van der Waals surface area contributed by atoms with E-state index in [9.17, 15) is 4.79 Å². The molecule has 1 atom stereocenters. The molecule has 1 rings (SSSR count). The Morgan fingerprint density at radius 3 is 2.53 bits per heavy atom. The van der Waals surface area contributed by atoms with Gasteiger partial charge in [0.2, 0.25) is 0 Å². The summed E-state index contributed by atoms with van der Waals surface area (Å²) in [6.07, 6.45) is -0.879. The number of benzene rings is 1. The minimum absolute atomic E-state index is 0.219. The van der Waals surface area contributed by atoms with Crippen molar-refractivity contribution in [2.75, 3.05) is 0 Å². The fourth-order valence-corrected chi connectivity index (χ4v) is 1.08. The number of carboxylic acids is 1. The van der Waals surface area contributed by atoms with E-state index >= 15 is 0 Å². The van der Waals surface area contributed by atoms with Crippen molar-refractivity contribution in [1.29, 1.82) is 0 Å². The van der Waals surface area contributed by atoms with Crippen LogP contribution in [0.3, 0.4) is 0 Å². The van der Waals surface area contributed by atoms with Crippen LogP contribution in [0.5, 0.6) is 0 Å². The maximum absolute atomic E-state index is 10.4. The van der Waals surface area contributed by atoms with Gasteiger partial charge in [-0.2, -0.15) is 0 Å². The smallest absolute Gasteiger partial charge is 0.343 e. The first-order valence-corrected chi connectivity index (χ1v) is 4.44. The van der Waals surface area contributed by atoms with E-state index in [0.717, 1.165) is 5.56 Å². The molecule has 0 saturated heterocycles. The predicted molar refractivity (Wildman–Crippen MR) is 57.4 cm³/mol. The Morgan fingerprint density at radius 1 is 1.40 bits per heavy atom. The maximum Gasteiger partial charge on any atom is 0.343 e. The number of aliphatic imine (C=N–C) groups is 1. The van der Waals surface area contributed by atoms with Gasteiger partial charge in [0.05, 0.1) is 0 Å². The molecular formula is C10H13N3O2. The molecule has 0 spiro atoms. The summed E-state index contributed by atoms with van der Waals surface area (Å²) in [5.41, 5.74) is 11.7. The van der Waals surface area contributed by atoms with Gasteiger partial charge in [-0.15, -0.1) is 0 Å². The van der Waals surface area contributed by atoms with Crippen molar-refractivity contribution < 1.29 is 9.90 Å². The second-order valence-electron chi connectivity index (χ2n) is 3.07. The van der Waals surface area contributed by atoms with Gasteiger partial charge in [-0.05, 0) is 5.56 Å². The summed E-state index contributed by atoms with van der Waals surface area (Å²) in [5.74, 6) is -0.970. The van der Waals surface area contributed by atoms with Gasteiger partial charge in [-0.3, -0.25) is 0 Å².